The third-order valence-electron chi connectivity index (χ3n) is 4.58. The molecule has 0 aromatic carbocycles. The van der Waals surface area contributed by atoms with Crippen molar-refractivity contribution in [3.8, 4) is 0 Å². The highest BCUT2D eigenvalue weighted by Gasteiger charge is 2.66. The van der Waals surface area contributed by atoms with Crippen LogP contribution >= 0.6 is 22.6 Å². The number of carboxylic acids is 2. The number of carbonyl (C=O) groups is 4. The lowest BCUT2D eigenvalue weighted by molar-refractivity contribution is -0.192. The van der Waals surface area contributed by atoms with Crippen LogP contribution < -0.4 is 11.1 Å². The Balaban J connectivity index is 2.14. The van der Waals surface area contributed by atoms with Gasteiger partial charge in [0.25, 0.3) is 11.6 Å². The number of nitrogens with two attached hydrogens (primary N) is 1. The van der Waals surface area contributed by atoms with E-state index in [0.29, 0.717) is 0 Å². The number of hydrogen-bond acceptors (Lipinski definition) is 10. The van der Waals surface area contributed by atoms with E-state index in [4.69, 9.17) is 20.1 Å². The molecule has 6 N–H and O–H groups in total. The monoisotopic (exact) mass is 499 g/mol. The summed E-state index contributed by atoms with van der Waals surface area (Å²) in [5.74, 6) is -4.47. The van der Waals surface area contributed by atoms with Gasteiger partial charge >= 0.3 is 21.1 Å². The smallest absolute Gasteiger partial charge is 0.352 e. The molecule has 13 nitrogen and oxygen atoms in total. The maximum atomic E-state index is 12.8. The van der Waals surface area contributed by atoms with E-state index in [1.807, 2.05) is 0 Å². The second kappa shape index (κ2) is 9.74. The van der Waals surface area contributed by atoms with Gasteiger partial charge in [-0.1, -0.05) is 0 Å². The molecule has 0 aromatic heterocycles. The van der Waals surface area contributed by atoms with Gasteiger partial charge in [-0.3, -0.25) is 23.8 Å². The standard InChI is InChI=1S/C15H21N3O10S3/c1-28-15(17-9(19)4-2-3-8(16)11(20)21)13(24)18-10(12(22)23)7(5-29-14(15)18)6-30-31(25,26)27/h8,14H,2-6,16H2,1H3,(H,17,19)(H,20,21)(H,22,23)(H,25,26,27)/t8-,14-,15+/m1/s1. The molecule has 0 radical (unpaired) electrons. The Labute approximate surface area is 184 Å². The highest BCUT2D eigenvalue weighted by Crippen LogP contribution is 2.47. The Hall–Kier alpha value is -1.85. The molecule has 174 valence electrons. The number of amides is 2. The number of hydrogen-bond donors (Lipinski definition) is 5. The van der Waals surface area contributed by atoms with Crippen molar-refractivity contribution in [2.45, 2.75) is 36.4 Å². The van der Waals surface area contributed by atoms with Gasteiger partial charge in [0.2, 0.25) is 5.91 Å². The number of nitrogens with zero attached hydrogens (tertiary/aromatic N) is 1. The topological polar surface area (TPSA) is 214 Å². The molecule has 2 amide bonds. The van der Waals surface area contributed by atoms with Crippen molar-refractivity contribution in [1.82, 2.24) is 10.2 Å². The van der Waals surface area contributed by atoms with Crippen LogP contribution in [0.4, 0.5) is 0 Å². The van der Waals surface area contributed by atoms with Crippen LogP contribution in [0.15, 0.2) is 11.3 Å². The maximum Gasteiger partial charge on any atom is 0.352 e. The minimum Gasteiger partial charge on any atom is -0.480 e. The quantitative estimate of drug-likeness (QED) is 0.0980. The minimum atomic E-state index is -4.41. The molecule has 2 rings (SSSR count). The first-order valence-corrected chi connectivity index (χ1v) is 12.7. The van der Waals surface area contributed by atoms with Crippen molar-refractivity contribution in [3.05, 3.63) is 11.3 Å². The van der Waals surface area contributed by atoms with E-state index in [1.165, 1.54) is 7.11 Å². The fourth-order valence-corrected chi connectivity index (χ4v) is 6.05. The molecule has 1 fully saturated rings. The Bertz CT molecular complexity index is 921. The minimum absolute atomic E-state index is 0.0209. The van der Waals surface area contributed by atoms with Gasteiger partial charge in [0.05, 0.1) is 0 Å². The summed E-state index contributed by atoms with van der Waals surface area (Å²) < 4.78 is 36.1. The van der Waals surface area contributed by atoms with E-state index in [-0.39, 0.29) is 47.1 Å². The number of rotatable bonds is 11. The molecule has 2 aliphatic heterocycles. The largest absolute Gasteiger partial charge is 0.480 e. The third-order valence-corrected chi connectivity index (χ3v) is 7.96. The van der Waals surface area contributed by atoms with Gasteiger partial charge in [-0.05, 0) is 18.4 Å². The fraction of sp³-hybridized carbons (Fsp3) is 0.600. The second-order valence-electron chi connectivity index (χ2n) is 6.61. The summed E-state index contributed by atoms with van der Waals surface area (Å²) >= 11 is 1.06. The van der Waals surface area contributed by atoms with E-state index >= 15 is 0 Å². The number of thioether (sulfide) groups is 1. The van der Waals surface area contributed by atoms with E-state index in [2.05, 4.69) is 5.32 Å². The Morgan fingerprint density at radius 3 is 2.58 bits per heavy atom. The van der Waals surface area contributed by atoms with Crippen molar-refractivity contribution in [2.75, 3.05) is 18.6 Å². The van der Waals surface area contributed by atoms with Crippen molar-refractivity contribution in [2.24, 2.45) is 5.73 Å². The summed E-state index contributed by atoms with van der Waals surface area (Å²) in [6.07, 6.45) is 0.0579. The van der Waals surface area contributed by atoms with Gasteiger partial charge in [0.15, 0.2) is 0 Å². The van der Waals surface area contributed by atoms with E-state index < -0.39 is 55.7 Å². The molecule has 2 heterocycles. The molecule has 0 aromatic rings. The summed E-state index contributed by atoms with van der Waals surface area (Å²) in [6.45, 7) is 0. The van der Waals surface area contributed by atoms with Gasteiger partial charge in [-0.25, -0.2) is 4.79 Å². The van der Waals surface area contributed by atoms with E-state index in [0.717, 1.165) is 16.7 Å². The normalized spacial score (nSPS) is 24.3. The van der Waals surface area contributed by atoms with Crippen molar-refractivity contribution in [3.63, 3.8) is 0 Å². The molecule has 16 heteroatoms. The van der Waals surface area contributed by atoms with Gasteiger partial charge in [0, 0.05) is 35.8 Å². The number of carboxylic acid groups (broad SMARTS) is 2. The van der Waals surface area contributed by atoms with Gasteiger partial charge in [-0.15, -0.1) is 11.8 Å². The Morgan fingerprint density at radius 2 is 2.06 bits per heavy atom. The van der Waals surface area contributed by atoms with Crippen molar-refractivity contribution in [1.29, 1.82) is 0 Å². The number of β-lactam (4-membered cyclic amide) rings is 1. The van der Waals surface area contributed by atoms with Crippen LogP contribution in [0.1, 0.15) is 19.3 Å². The molecule has 2 aliphatic rings. The third kappa shape index (κ3) is 5.50. The number of fused-ring (bicyclic) bond motifs is 1. The van der Waals surface area contributed by atoms with Crippen LogP contribution in [0.3, 0.4) is 0 Å². The first kappa shape index (κ1) is 25.4. The first-order chi connectivity index (χ1) is 14.3. The van der Waals surface area contributed by atoms with Crippen LogP contribution in [-0.2, 0) is 33.1 Å². The van der Waals surface area contributed by atoms with Gasteiger partial charge in [-0.2, -0.15) is 8.42 Å². The number of methoxy groups -OCH3 is 1. The average Bonchev–Trinajstić information content (AvgIpc) is 2.68. The molecule has 31 heavy (non-hydrogen) atoms. The van der Waals surface area contributed by atoms with E-state index in [1.54, 1.807) is 0 Å². The first-order valence-electron chi connectivity index (χ1n) is 8.71. The molecule has 0 bridgehead atoms. The lowest BCUT2D eigenvalue weighted by Crippen LogP contribution is -2.80. The van der Waals surface area contributed by atoms with Crippen molar-refractivity contribution < 1.29 is 47.1 Å². The zero-order chi connectivity index (χ0) is 23.6. The van der Waals surface area contributed by atoms with Gasteiger partial charge < -0.3 is 26.0 Å². The highest BCUT2D eigenvalue weighted by atomic mass is 33.1. The molecule has 0 spiro atoms. The van der Waals surface area contributed by atoms with Crippen LogP contribution in [0.2, 0.25) is 0 Å². The SMILES string of the molecule is CO[C@@]1(NC(=O)CCC[C@@H](N)C(=O)O)C(=O)N2C(C(=O)O)=C(CSS(=O)(=O)O)CS[C@@H]21. The fourth-order valence-electron chi connectivity index (χ4n) is 3.08. The highest BCUT2D eigenvalue weighted by molar-refractivity contribution is 8.70. The zero-order valence-corrected chi connectivity index (χ0v) is 18.6. The predicted octanol–water partition coefficient (Wildman–Crippen LogP) is -1.18. The summed E-state index contributed by atoms with van der Waals surface area (Å²) in [7, 11) is -3.12. The van der Waals surface area contributed by atoms with Gasteiger partial charge in [0.1, 0.15) is 17.1 Å². The lowest BCUT2D eigenvalue weighted by Gasteiger charge is -2.55. The molecular formula is C15H21N3O10S3. The number of nitrogens with one attached hydrogen (secondary N) is 1. The molecule has 3 atom stereocenters. The average molecular weight is 500 g/mol. The zero-order valence-electron chi connectivity index (χ0n) is 16.1. The number of aliphatic carboxylic acids is 2. The lowest BCUT2D eigenvalue weighted by atomic mass is 9.98. The second-order valence-corrected chi connectivity index (χ2v) is 11.0. The molecule has 0 unspecified atom stereocenters. The van der Waals surface area contributed by atoms with Crippen molar-refractivity contribution >= 4 is 55.5 Å². The maximum absolute atomic E-state index is 12.8. The summed E-state index contributed by atoms with van der Waals surface area (Å²) in [5.41, 5.74) is 3.24. The van der Waals surface area contributed by atoms with E-state index in [9.17, 15) is 32.7 Å². The summed E-state index contributed by atoms with van der Waals surface area (Å²) in [6, 6.07) is -1.12. The molecular weight excluding hydrogens is 478 g/mol. The number of carbonyl (C=O) groups excluding carboxylic acids is 2. The van der Waals surface area contributed by atoms with Crippen LogP contribution in [0.5, 0.6) is 0 Å². The predicted molar refractivity (Wildman–Crippen MR) is 109 cm³/mol. The Morgan fingerprint density at radius 1 is 1.42 bits per heavy atom. The number of ether oxygens (including phenoxy) is 1. The molecule has 0 aliphatic carbocycles. The van der Waals surface area contributed by atoms with Crippen LogP contribution in [0.25, 0.3) is 0 Å². The Kier molecular flexibility index (Phi) is 7.99. The molecule has 1 saturated heterocycles. The summed E-state index contributed by atoms with van der Waals surface area (Å²) in [4.78, 5) is 48.5. The summed E-state index contributed by atoms with van der Waals surface area (Å²) in [5, 5.41) is 19.8. The van der Waals surface area contributed by atoms with Crippen LogP contribution in [0, 0.1) is 0 Å². The van der Waals surface area contributed by atoms with Crippen LogP contribution in [-0.4, -0.2) is 87.6 Å². The molecule has 0 saturated carbocycles.